The maximum atomic E-state index is 11.3. The summed E-state index contributed by atoms with van der Waals surface area (Å²) in [5.74, 6) is 0.166. The molecular formula is C20H22BrCl2NO4. The molecule has 5 nitrogen and oxygen atoms in total. The van der Waals surface area contributed by atoms with E-state index in [4.69, 9.17) is 32.7 Å². The molecule has 152 valence electrons. The van der Waals surface area contributed by atoms with Crippen molar-refractivity contribution in [2.75, 3.05) is 7.11 Å². The molecule has 0 saturated heterocycles. The summed E-state index contributed by atoms with van der Waals surface area (Å²) in [6.45, 7) is 4.35. The maximum Gasteiger partial charge on any atom is 0.320 e. The number of methoxy groups -OCH3 is 1. The van der Waals surface area contributed by atoms with Crippen molar-refractivity contribution >= 4 is 45.1 Å². The van der Waals surface area contributed by atoms with Crippen LogP contribution in [0.1, 0.15) is 25.0 Å². The molecule has 0 heterocycles. The monoisotopic (exact) mass is 489 g/mol. The Balaban J connectivity index is 2.15. The van der Waals surface area contributed by atoms with Crippen molar-refractivity contribution < 1.29 is 19.4 Å². The zero-order valence-electron chi connectivity index (χ0n) is 15.8. The van der Waals surface area contributed by atoms with Crippen LogP contribution in [0.3, 0.4) is 0 Å². The summed E-state index contributed by atoms with van der Waals surface area (Å²) < 4.78 is 12.1. The highest BCUT2D eigenvalue weighted by atomic mass is 79.9. The van der Waals surface area contributed by atoms with Crippen LogP contribution in [-0.4, -0.2) is 24.2 Å². The largest absolute Gasteiger partial charge is 0.493 e. The molecule has 0 radical (unpaired) electrons. The van der Waals surface area contributed by atoms with Gasteiger partial charge in [-0.25, -0.2) is 0 Å². The summed E-state index contributed by atoms with van der Waals surface area (Å²) in [7, 11) is 1.55. The van der Waals surface area contributed by atoms with Crippen LogP contribution >= 0.6 is 39.1 Å². The summed E-state index contributed by atoms with van der Waals surface area (Å²) >= 11 is 15.6. The molecule has 1 atom stereocenters. The smallest absolute Gasteiger partial charge is 0.320 e. The third kappa shape index (κ3) is 6.01. The second-order valence-corrected chi connectivity index (χ2v) is 8.27. The van der Waals surface area contributed by atoms with Crippen molar-refractivity contribution in [3.8, 4) is 11.5 Å². The van der Waals surface area contributed by atoms with E-state index in [1.807, 2.05) is 26.0 Å². The first-order valence-electron chi connectivity index (χ1n) is 8.62. The molecule has 8 heteroatoms. The Morgan fingerprint density at radius 1 is 1.25 bits per heavy atom. The molecule has 0 amide bonds. The molecule has 0 fully saturated rings. The van der Waals surface area contributed by atoms with Crippen molar-refractivity contribution in [1.82, 2.24) is 5.32 Å². The van der Waals surface area contributed by atoms with Crippen molar-refractivity contribution in [3.63, 3.8) is 0 Å². The fourth-order valence-corrected chi connectivity index (χ4v) is 3.71. The van der Waals surface area contributed by atoms with E-state index in [2.05, 4.69) is 21.2 Å². The number of nitrogens with one attached hydrogen (secondary N) is 1. The number of carbonyl (C=O) groups is 1. The highest BCUT2D eigenvalue weighted by molar-refractivity contribution is 9.10. The van der Waals surface area contributed by atoms with E-state index < -0.39 is 12.0 Å². The third-order valence-electron chi connectivity index (χ3n) is 4.14. The molecule has 0 aromatic heterocycles. The van der Waals surface area contributed by atoms with Gasteiger partial charge in [-0.1, -0.05) is 43.1 Å². The molecule has 0 saturated carbocycles. The molecule has 1 unspecified atom stereocenters. The average Bonchev–Trinajstić information content (AvgIpc) is 2.61. The lowest BCUT2D eigenvalue weighted by atomic mass is 10.0. The van der Waals surface area contributed by atoms with Gasteiger partial charge in [0.05, 0.1) is 11.6 Å². The van der Waals surface area contributed by atoms with E-state index in [9.17, 15) is 9.90 Å². The molecule has 0 spiro atoms. The first-order valence-corrected chi connectivity index (χ1v) is 10.2. The number of halogens is 3. The molecule has 2 N–H and O–H groups in total. The summed E-state index contributed by atoms with van der Waals surface area (Å²) in [4.78, 5) is 11.3. The summed E-state index contributed by atoms with van der Waals surface area (Å²) in [6, 6.07) is 8.27. The molecule has 2 aromatic rings. The van der Waals surface area contributed by atoms with Gasteiger partial charge in [-0.15, -0.1) is 0 Å². The highest BCUT2D eigenvalue weighted by Crippen LogP contribution is 2.37. The predicted octanol–water partition coefficient (Wildman–Crippen LogP) is 5.54. The first-order chi connectivity index (χ1) is 13.2. The van der Waals surface area contributed by atoms with Gasteiger partial charge < -0.3 is 19.9 Å². The molecule has 0 aliphatic rings. The minimum absolute atomic E-state index is 0.0328. The first kappa shape index (κ1) is 22.8. The van der Waals surface area contributed by atoms with Crippen LogP contribution < -0.4 is 14.8 Å². The second-order valence-electron chi connectivity index (χ2n) is 6.57. The number of hydrogen-bond donors (Lipinski definition) is 2. The molecule has 2 rings (SSSR count). The SMILES string of the molecule is COc1cc(CNC(C(=O)O)C(C)C)cc(Br)c1OCc1ccc(Cl)cc1Cl. The summed E-state index contributed by atoms with van der Waals surface area (Å²) in [5.41, 5.74) is 1.67. The summed E-state index contributed by atoms with van der Waals surface area (Å²) in [6.07, 6.45) is 0. The second kappa shape index (κ2) is 10.3. The van der Waals surface area contributed by atoms with E-state index in [0.717, 1.165) is 11.1 Å². The summed E-state index contributed by atoms with van der Waals surface area (Å²) in [5, 5.41) is 13.4. The number of carboxylic acid groups (broad SMARTS) is 1. The van der Waals surface area contributed by atoms with Crippen LogP contribution in [-0.2, 0) is 17.9 Å². The van der Waals surface area contributed by atoms with Gasteiger partial charge in [0.1, 0.15) is 12.6 Å². The zero-order chi connectivity index (χ0) is 20.8. The molecular weight excluding hydrogens is 469 g/mol. The van der Waals surface area contributed by atoms with Gasteiger partial charge in [-0.3, -0.25) is 4.79 Å². The van der Waals surface area contributed by atoms with Crippen molar-refractivity contribution in [1.29, 1.82) is 0 Å². The van der Waals surface area contributed by atoms with Gasteiger partial charge in [0.25, 0.3) is 0 Å². The maximum absolute atomic E-state index is 11.3. The predicted molar refractivity (Wildman–Crippen MR) is 115 cm³/mol. The van der Waals surface area contributed by atoms with Crippen molar-refractivity contribution in [2.24, 2.45) is 5.92 Å². The molecule has 0 bridgehead atoms. The Morgan fingerprint density at radius 2 is 1.96 bits per heavy atom. The Bertz CT molecular complexity index is 845. The van der Waals surface area contributed by atoms with E-state index in [1.54, 1.807) is 25.3 Å². The highest BCUT2D eigenvalue weighted by Gasteiger charge is 2.21. The minimum Gasteiger partial charge on any atom is -0.493 e. The number of carboxylic acids is 1. The van der Waals surface area contributed by atoms with Gasteiger partial charge in [0, 0.05) is 22.2 Å². The lowest BCUT2D eigenvalue weighted by molar-refractivity contribution is -0.140. The van der Waals surface area contributed by atoms with Crippen LogP contribution in [0.5, 0.6) is 11.5 Å². The number of rotatable bonds is 9. The van der Waals surface area contributed by atoms with Crippen LogP contribution in [0.15, 0.2) is 34.8 Å². The molecule has 28 heavy (non-hydrogen) atoms. The van der Waals surface area contributed by atoms with Gasteiger partial charge in [-0.05, 0) is 51.7 Å². The Labute approximate surface area is 183 Å². The minimum atomic E-state index is -0.874. The van der Waals surface area contributed by atoms with E-state index in [-0.39, 0.29) is 12.5 Å². The normalized spacial score (nSPS) is 12.1. The van der Waals surface area contributed by atoms with Crippen LogP contribution in [0.25, 0.3) is 0 Å². The average molecular weight is 491 g/mol. The lowest BCUT2D eigenvalue weighted by Crippen LogP contribution is -2.40. The Kier molecular flexibility index (Phi) is 8.43. The van der Waals surface area contributed by atoms with Gasteiger partial charge >= 0.3 is 5.97 Å². The van der Waals surface area contributed by atoms with Crippen molar-refractivity contribution in [3.05, 3.63) is 56.0 Å². The molecule has 0 aliphatic carbocycles. The van der Waals surface area contributed by atoms with E-state index >= 15 is 0 Å². The van der Waals surface area contributed by atoms with Crippen LogP contribution in [0.4, 0.5) is 0 Å². The quantitative estimate of drug-likeness (QED) is 0.482. The van der Waals surface area contributed by atoms with Crippen LogP contribution in [0.2, 0.25) is 10.0 Å². The number of benzene rings is 2. The third-order valence-corrected chi connectivity index (χ3v) is 5.31. The van der Waals surface area contributed by atoms with Gasteiger partial charge in [-0.2, -0.15) is 0 Å². The van der Waals surface area contributed by atoms with Crippen molar-refractivity contribution in [2.45, 2.75) is 33.0 Å². The number of aliphatic carboxylic acids is 1. The van der Waals surface area contributed by atoms with E-state index in [1.165, 1.54) is 0 Å². The Morgan fingerprint density at radius 3 is 2.54 bits per heavy atom. The fourth-order valence-electron chi connectivity index (χ4n) is 2.64. The van der Waals surface area contributed by atoms with Gasteiger partial charge in [0.2, 0.25) is 0 Å². The number of ether oxygens (including phenoxy) is 2. The number of hydrogen-bond acceptors (Lipinski definition) is 4. The van der Waals surface area contributed by atoms with Gasteiger partial charge in [0.15, 0.2) is 11.5 Å². The molecule has 2 aromatic carbocycles. The zero-order valence-corrected chi connectivity index (χ0v) is 18.9. The van der Waals surface area contributed by atoms with E-state index in [0.29, 0.717) is 32.6 Å². The molecule has 0 aliphatic heterocycles. The Hall–Kier alpha value is -1.47. The fraction of sp³-hybridized carbons (Fsp3) is 0.350. The topological polar surface area (TPSA) is 67.8 Å². The standard InChI is InChI=1S/C20H22BrCl2NO4/c1-11(2)18(20(25)26)24-9-12-6-15(21)19(17(7-12)27-3)28-10-13-4-5-14(22)8-16(13)23/h4-8,11,18,24H,9-10H2,1-3H3,(H,25,26). The van der Waals surface area contributed by atoms with Crippen LogP contribution in [0, 0.1) is 5.92 Å². The lowest BCUT2D eigenvalue weighted by Gasteiger charge is -2.19.